The van der Waals surface area contributed by atoms with Crippen LogP contribution >= 0.6 is 0 Å². The fourth-order valence-corrected chi connectivity index (χ4v) is 3.58. The highest BCUT2D eigenvalue weighted by molar-refractivity contribution is 7.89. The minimum Gasteiger partial charge on any atom is -0.355 e. The largest absolute Gasteiger partial charge is 0.355 e. The monoisotopic (exact) mass is 360 g/mol. The van der Waals surface area contributed by atoms with E-state index in [-0.39, 0.29) is 10.8 Å². The minimum atomic E-state index is -3.78. The van der Waals surface area contributed by atoms with E-state index in [2.05, 4.69) is 10.0 Å². The molecular weight excluding hydrogens is 336 g/mol. The zero-order valence-electron chi connectivity index (χ0n) is 14.5. The second-order valence-electron chi connectivity index (χ2n) is 5.97. The molecule has 2 aromatic rings. The predicted octanol–water partition coefficient (Wildman–Crippen LogP) is 2.41. The highest BCUT2D eigenvalue weighted by Crippen LogP contribution is 2.12. The summed E-state index contributed by atoms with van der Waals surface area (Å²) in [6.45, 7) is 4.35. The SMILES string of the molecule is CCCNC(=O)[C@H](Cc1ccccc1)NS(=O)(=O)c1ccc(C)cc1. The smallest absolute Gasteiger partial charge is 0.241 e. The van der Waals surface area contributed by atoms with Crippen LogP contribution < -0.4 is 10.0 Å². The van der Waals surface area contributed by atoms with E-state index < -0.39 is 16.1 Å². The third-order valence-corrected chi connectivity index (χ3v) is 5.26. The van der Waals surface area contributed by atoms with Crippen molar-refractivity contribution in [2.75, 3.05) is 6.54 Å². The fraction of sp³-hybridized carbons (Fsp3) is 0.316. The van der Waals surface area contributed by atoms with Crippen LogP contribution in [0.3, 0.4) is 0 Å². The molecule has 0 saturated heterocycles. The van der Waals surface area contributed by atoms with Crippen LogP contribution in [0.1, 0.15) is 24.5 Å². The van der Waals surface area contributed by atoms with Gasteiger partial charge in [-0.15, -0.1) is 0 Å². The Labute approximate surface area is 149 Å². The molecule has 0 aromatic heterocycles. The molecule has 0 unspecified atom stereocenters. The number of amides is 1. The Balaban J connectivity index is 2.22. The lowest BCUT2D eigenvalue weighted by molar-refractivity contribution is -0.122. The first-order chi connectivity index (χ1) is 11.9. The second kappa shape index (κ2) is 8.78. The van der Waals surface area contributed by atoms with Crippen molar-refractivity contribution in [1.82, 2.24) is 10.0 Å². The second-order valence-corrected chi connectivity index (χ2v) is 7.68. The number of benzene rings is 2. The third-order valence-electron chi connectivity index (χ3n) is 3.78. The van der Waals surface area contributed by atoms with Crippen molar-refractivity contribution in [1.29, 1.82) is 0 Å². The van der Waals surface area contributed by atoms with Gasteiger partial charge in [0.2, 0.25) is 15.9 Å². The lowest BCUT2D eigenvalue weighted by Crippen LogP contribution is -2.48. The third kappa shape index (κ3) is 5.69. The van der Waals surface area contributed by atoms with Crippen LogP contribution in [0, 0.1) is 6.92 Å². The topological polar surface area (TPSA) is 75.3 Å². The maximum absolute atomic E-state index is 12.6. The van der Waals surface area contributed by atoms with E-state index in [1.807, 2.05) is 44.2 Å². The van der Waals surface area contributed by atoms with Crippen LogP contribution in [-0.2, 0) is 21.2 Å². The number of nitrogens with one attached hydrogen (secondary N) is 2. The van der Waals surface area contributed by atoms with E-state index in [0.717, 1.165) is 17.5 Å². The zero-order chi connectivity index (χ0) is 18.3. The van der Waals surface area contributed by atoms with Crippen molar-refractivity contribution in [3.8, 4) is 0 Å². The van der Waals surface area contributed by atoms with Crippen molar-refractivity contribution in [3.63, 3.8) is 0 Å². The van der Waals surface area contributed by atoms with Crippen LogP contribution in [0.2, 0.25) is 0 Å². The fourth-order valence-electron chi connectivity index (χ4n) is 2.38. The maximum Gasteiger partial charge on any atom is 0.241 e. The van der Waals surface area contributed by atoms with Gasteiger partial charge >= 0.3 is 0 Å². The summed E-state index contributed by atoms with van der Waals surface area (Å²) in [7, 11) is -3.78. The molecule has 0 aliphatic heterocycles. The summed E-state index contributed by atoms with van der Waals surface area (Å²) in [5.74, 6) is -0.318. The van der Waals surface area contributed by atoms with Crippen LogP contribution in [0.25, 0.3) is 0 Å². The van der Waals surface area contributed by atoms with Crippen LogP contribution in [-0.4, -0.2) is 26.9 Å². The van der Waals surface area contributed by atoms with Gasteiger partial charge < -0.3 is 5.32 Å². The normalized spacial score (nSPS) is 12.6. The van der Waals surface area contributed by atoms with Crippen molar-refractivity contribution in [3.05, 3.63) is 65.7 Å². The van der Waals surface area contributed by atoms with E-state index in [0.29, 0.717) is 13.0 Å². The Kier molecular flexibility index (Phi) is 6.73. The van der Waals surface area contributed by atoms with E-state index >= 15 is 0 Å². The van der Waals surface area contributed by atoms with E-state index in [9.17, 15) is 13.2 Å². The Hall–Kier alpha value is -2.18. The number of carbonyl (C=O) groups is 1. The van der Waals surface area contributed by atoms with Crippen LogP contribution in [0.15, 0.2) is 59.5 Å². The molecule has 2 N–H and O–H groups in total. The zero-order valence-corrected chi connectivity index (χ0v) is 15.3. The quantitative estimate of drug-likeness (QED) is 0.759. The first-order valence-electron chi connectivity index (χ1n) is 8.33. The van der Waals surface area contributed by atoms with Gasteiger partial charge in [0.1, 0.15) is 6.04 Å². The molecule has 0 aliphatic carbocycles. The van der Waals surface area contributed by atoms with Gasteiger partial charge in [0, 0.05) is 6.54 Å². The summed E-state index contributed by atoms with van der Waals surface area (Å²) in [5.41, 5.74) is 1.87. The average Bonchev–Trinajstić information content (AvgIpc) is 2.60. The van der Waals surface area contributed by atoms with Crippen molar-refractivity contribution in [2.24, 2.45) is 0 Å². The summed E-state index contributed by atoms with van der Waals surface area (Å²) in [5, 5.41) is 2.77. The van der Waals surface area contributed by atoms with Gasteiger partial charge in [-0.1, -0.05) is 55.0 Å². The number of rotatable bonds is 8. The molecule has 0 spiro atoms. The number of carbonyl (C=O) groups excluding carboxylic acids is 1. The van der Waals surface area contributed by atoms with E-state index in [1.54, 1.807) is 24.3 Å². The summed E-state index contributed by atoms with van der Waals surface area (Å²) < 4.78 is 27.8. The Bertz CT molecular complexity index is 787. The summed E-state index contributed by atoms with van der Waals surface area (Å²) in [4.78, 5) is 12.6. The molecule has 0 heterocycles. The molecule has 0 saturated carbocycles. The molecule has 0 aliphatic rings. The Morgan fingerprint density at radius 3 is 2.28 bits per heavy atom. The highest BCUT2D eigenvalue weighted by Gasteiger charge is 2.25. The Morgan fingerprint density at radius 2 is 1.68 bits per heavy atom. The molecule has 1 atom stereocenters. The molecule has 6 heteroatoms. The van der Waals surface area contributed by atoms with Gasteiger partial charge in [0.15, 0.2) is 0 Å². The molecule has 0 fully saturated rings. The number of hydrogen-bond donors (Lipinski definition) is 2. The molecule has 134 valence electrons. The number of aryl methyl sites for hydroxylation is 1. The molecule has 2 aromatic carbocycles. The predicted molar refractivity (Wildman–Crippen MR) is 98.7 cm³/mol. The minimum absolute atomic E-state index is 0.152. The van der Waals surface area contributed by atoms with Crippen LogP contribution in [0.5, 0.6) is 0 Å². The first-order valence-corrected chi connectivity index (χ1v) is 9.81. The van der Waals surface area contributed by atoms with E-state index in [4.69, 9.17) is 0 Å². The van der Waals surface area contributed by atoms with Gasteiger partial charge in [0.25, 0.3) is 0 Å². The molecule has 0 bridgehead atoms. The summed E-state index contributed by atoms with van der Waals surface area (Å²) in [6, 6.07) is 15.1. The lowest BCUT2D eigenvalue weighted by atomic mass is 10.1. The molecule has 1 amide bonds. The van der Waals surface area contributed by atoms with Crippen LogP contribution in [0.4, 0.5) is 0 Å². The molecule has 5 nitrogen and oxygen atoms in total. The summed E-state index contributed by atoms with van der Waals surface area (Å²) >= 11 is 0. The lowest BCUT2D eigenvalue weighted by Gasteiger charge is -2.18. The van der Waals surface area contributed by atoms with Gasteiger partial charge in [-0.05, 0) is 37.5 Å². The molecule has 2 rings (SSSR count). The average molecular weight is 360 g/mol. The maximum atomic E-state index is 12.6. The molecule has 25 heavy (non-hydrogen) atoms. The van der Waals surface area contributed by atoms with Crippen molar-refractivity contribution >= 4 is 15.9 Å². The standard InChI is InChI=1S/C19H24N2O3S/c1-3-13-20-19(22)18(14-16-7-5-4-6-8-16)21-25(23,24)17-11-9-15(2)10-12-17/h4-12,18,21H,3,13-14H2,1-2H3,(H,20,22)/t18-/m0/s1. The first kappa shape index (κ1) is 19.1. The van der Waals surface area contributed by atoms with Gasteiger partial charge in [-0.3, -0.25) is 4.79 Å². The molecular formula is C19H24N2O3S. The van der Waals surface area contributed by atoms with Gasteiger partial charge in [-0.25, -0.2) is 8.42 Å². The van der Waals surface area contributed by atoms with Gasteiger partial charge in [-0.2, -0.15) is 4.72 Å². The van der Waals surface area contributed by atoms with Crippen molar-refractivity contribution in [2.45, 2.75) is 37.6 Å². The van der Waals surface area contributed by atoms with E-state index in [1.165, 1.54) is 0 Å². The summed E-state index contributed by atoms with van der Waals surface area (Å²) in [6.07, 6.45) is 1.08. The van der Waals surface area contributed by atoms with Crippen molar-refractivity contribution < 1.29 is 13.2 Å². The highest BCUT2D eigenvalue weighted by atomic mass is 32.2. The number of hydrogen-bond acceptors (Lipinski definition) is 3. The Morgan fingerprint density at radius 1 is 1.04 bits per heavy atom. The van der Waals surface area contributed by atoms with Gasteiger partial charge in [0.05, 0.1) is 4.90 Å². The molecule has 0 radical (unpaired) electrons. The number of sulfonamides is 1.